The monoisotopic (exact) mass is 235 g/mol. The number of rotatable bonds is 3. The highest BCUT2D eigenvalue weighted by Gasteiger charge is 2.31. The minimum absolute atomic E-state index is 0.167. The molecule has 0 aliphatic heterocycles. The zero-order chi connectivity index (χ0) is 12.3. The summed E-state index contributed by atoms with van der Waals surface area (Å²) >= 11 is 0. The van der Waals surface area contributed by atoms with Gasteiger partial charge in [-0.3, -0.25) is 0 Å². The number of ether oxygens (including phenoxy) is 1. The molecule has 0 bridgehead atoms. The van der Waals surface area contributed by atoms with Gasteiger partial charge >= 0.3 is 6.18 Å². The van der Waals surface area contributed by atoms with Crippen LogP contribution in [-0.2, 0) is 10.9 Å². The Balaban J connectivity index is 3.08. The summed E-state index contributed by atoms with van der Waals surface area (Å²) in [6.07, 6.45) is -4.54. The third-order valence-electron chi connectivity index (χ3n) is 2.08. The van der Waals surface area contributed by atoms with Crippen molar-refractivity contribution >= 4 is 0 Å². The van der Waals surface area contributed by atoms with Crippen LogP contribution in [0.5, 0.6) is 0 Å². The number of halogens is 4. The second-order valence-electron chi connectivity index (χ2n) is 3.44. The molecule has 0 amide bonds. The summed E-state index contributed by atoms with van der Waals surface area (Å²) < 4.78 is 55.0. The highest BCUT2D eigenvalue weighted by atomic mass is 19.4. The Morgan fingerprint density at radius 2 is 1.88 bits per heavy atom. The molecular formula is C11H11F4O. The quantitative estimate of drug-likeness (QED) is 0.729. The molecule has 0 unspecified atom stereocenters. The lowest BCUT2D eigenvalue weighted by molar-refractivity contribution is -0.137. The van der Waals surface area contributed by atoms with Crippen LogP contribution in [0.25, 0.3) is 0 Å². The highest BCUT2D eigenvalue weighted by molar-refractivity contribution is 5.35. The fourth-order valence-corrected chi connectivity index (χ4v) is 1.30. The van der Waals surface area contributed by atoms with Crippen LogP contribution in [0.1, 0.15) is 18.1 Å². The average Bonchev–Trinajstić information content (AvgIpc) is 2.16. The van der Waals surface area contributed by atoms with E-state index in [1.54, 1.807) is 6.92 Å². The third kappa shape index (κ3) is 3.20. The van der Waals surface area contributed by atoms with Gasteiger partial charge in [0.1, 0.15) is 5.82 Å². The van der Waals surface area contributed by atoms with Crippen molar-refractivity contribution in [3.8, 4) is 0 Å². The lowest BCUT2D eigenvalue weighted by atomic mass is 9.99. The predicted octanol–water partition coefficient (Wildman–Crippen LogP) is 3.43. The van der Waals surface area contributed by atoms with Gasteiger partial charge in [-0.1, -0.05) is 6.92 Å². The van der Waals surface area contributed by atoms with Crippen LogP contribution in [0.3, 0.4) is 0 Å². The van der Waals surface area contributed by atoms with E-state index < -0.39 is 17.6 Å². The molecule has 0 N–H and O–H groups in total. The maximum atomic E-state index is 13.0. The largest absolute Gasteiger partial charge is 0.416 e. The van der Waals surface area contributed by atoms with Crippen molar-refractivity contribution in [3.05, 3.63) is 41.1 Å². The molecule has 0 saturated carbocycles. The van der Waals surface area contributed by atoms with Crippen molar-refractivity contribution in [2.24, 2.45) is 0 Å². The maximum Gasteiger partial charge on any atom is 0.416 e. The molecule has 0 atom stereocenters. The SMILES string of the molecule is COC[C](C)c1cc(F)cc(C(F)(F)F)c1. The van der Waals surface area contributed by atoms with E-state index in [9.17, 15) is 17.6 Å². The van der Waals surface area contributed by atoms with E-state index in [-0.39, 0.29) is 12.2 Å². The topological polar surface area (TPSA) is 9.23 Å². The van der Waals surface area contributed by atoms with Crippen LogP contribution in [0.4, 0.5) is 17.6 Å². The summed E-state index contributed by atoms with van der Waals surface area (Å²) in [5.41, 5.74) is -0.785. The molecule has 1 aromatic carbocycles. The Kier molecular flexibility index (Phi) is 3.91. The number of methoxy groups -OCH3 is 1. The summed E-state index contributed by atoms with van der Waals surface area (Å²) in [6, 6.07) is 2.45. The summed E-state index contributed by atoms with van der Waals surface area (Å²) in [5, 5.41) is 0. The zero-order valence-electron chi connectivity index (χ0n) is 8.86. The normalized spacial score (nSPS) is 12.2. The van der Waals surface area contributed by atoms with Crippen molar-refractivity contribution < 1.29 is 22.3 Å². The van der Waals surface area contributed by atoms with Gasteiger partial charge in [0.05, 0.1) is 12.2 Å². The van der Waals surface area contributed by atoms with Gasteiger partial charge in [-0.25, -0.2) is 4.39 Å². The van der Waals surface area contributed by atoms with Crippen LogP contribution in [0.15, 0.2) is 18.2 Å². The minimum atomic E-state index is -4.54. The van der Waals surface area contributed by atoms with Crippen molar-refractivity contribution in [1.82, 2.24) is 0 Å². The second-order valence-corrected chi connectivity index (χ2v) is 3.44. The highest BCUT2D eigenvalue weighted by Crippen LogP contribution is 2.31. The number of hydrogen-bond donors (Lipinski definition) is 0. The summed E-state index contributed by atoms with van der Waals surface area (Å²) in [7, 11) is 1.42. The summed E-state index contributed by atoms with van der Waals surface area (Å²) in [4.78, 5) is 0. The van der Waals surface area contributed by atoms with Gasteiger partial charge < -0.3 is 4.74 Å². The van der Waals surface area contributed by atoms with Gasteiger partial charge in [0.25, 0.3) is 0 Å². The Morgan fingerprint density at radius 1 is 1.25 bits per heavy atom. The van der Waals surface area contributed by atoms with Gasteiger partial charge in [-0.2, -0.15) is 13.2 Å². The van der Waals surface area contributed by atoms with Crippen molar-refractivity contribution in [1.29, 1.82) is 0 Å². The maximum absolute atomic E-state index is 13.0. The van der Waals surface area contributed by atoms with Crippen LogP contribution < -0.4 is 0 Å². The molecule has 5 heteroatoms. The van der Waals surface area contributed by atoms with Crippen molar-refractivity contribution in [2.75, 3.05) is 13.7 Å². The Labute approximate surface area is 91.0 Å². The lowest BCUT2D eigenvalue weighted by Crippen LogP contribution is -2.09. The lowest BCUT2D eigenvalue weighted by Gasteiger charge is -2.13. The third-order valence-corrected chi connectivity index (χ3v) is 2.08. The second kappa shape index (κ2) is 4.82. The molecule has 0 heterocycles. The molecule has 1 aromatic rings. The van der Waals surface area contributed by atoms with Crippen molar-refractivity contribution in [2.45, 2.75) is 13.1 Å². The molecule has 0 spiro atoms. The molecule has 89 valence electrons. The molecule has 1 nitrogen and oxygen atoms in total. The molecule has 0 saturated heterocycles. The van der Waals surface area contributed by atoms with Gasteiger partial charge in [-0.05, 0) is 23.8 Å². The summed E-state index contributed by atoms with van der Waals surface area (Å²) in [5.74, 6) is -0.354. The minimum Gasteiger partial charge on any atom is -0.384 e. The number of hydrogen-bond acceptors (Lipinski definition) is 1. The van der Waals surface area contributed by atoms with Crippen LogP contribution in [-0.4, -0.2) is 13.7 Å². The van der Waals surface area contributed by atoms with E-state index in [0.29, 0.717) is 12.0 Å². The van der Waals surface area contributed by atoms with Crippen LogP contribution in [0, 0.1) is 11.7 Å². The van der Waals surface area contributed by atoms with E-state index in [0.717, 1.165) is 12.1 Å². The van der Waals surface area contributed by atoms with Crippen LogP contribution in [0.2, 0.25) is 0 Å². The molecule has 0 aliphatic carbocycles. The molecular weight excluding hydrogens is 224 g/mol. The van der Waals surface area contributed by atoms with E-state index in [1.165, 1.54) is 7.11 Å². The molecule has 1 radical (unpaired) electrons. The smallest absolute Gasteiger partial charge is 0.384 e. The van der Waals surface area contributed by atoms with Gasteiger partial charge in [0.15, 0.2) is 0 Å². The van der Waals surface area contributed by atoms with Crippen molar-refractivity contribution in [3.63, 3.8) is 0 Å². The standard InChI is InChI=1S/C11H11F4O/c1-7(6-16-2)8-3-9(11(13,14)15)5-10(12)4-8/h3-5H,6H2,1-2H3. The molecule has 0 aliphatic rings. The first-order valence-electron chi connectivity index (χ1n) is 4.54. The molecule has 0 aromatic heterocycles. The molecule has 1 rings (SSSR count). The molecule has 0 fully saturated rings. The van der Waals surface area contributed by atoms with E-state index in [4.69, 9.17) is 4.74 Å². The molecule has 16 heavy (non-hydrogen) atoms. The van der Waals surface area contributed by atoms with Gasteiger partial charge in [-0.15, -0.1) is 0 Å². The predicted molar refractivity (Wildman–Crippen MR) is 51.3 cm³/mol. The fourth-order valence-electron chi connectivity index (χ4n) is 1.30. The number of alkyl halides is 3. The summed E-state index contributed by atoms with van der Waals surface area (Å²) in [6.45, 7) is 1.76. The average molecular weight is 235 g/mol. The van der Waals surface area contributed by atoms with E-state index in [2.05, 4.69) is 0 Å². The Morgan fingerprint density at radius 3 is 2.38 bits per heavy atom. The first-order valence-corrected chi connectivity index (χ1v) is 4.54. The Bertz CT molecular complexity index is 359. The Hall–Kier alpha value is -1.10. The first kappa shape index (κ1) is 13.0. The van der Waals surface area contributed by atoms with E-state index in [1.807, 2.05) is 0 Å². The fraction of sp³-hybridized carbons (Fsp3) is 0.364. The zero-order valence-corrected chi connectivity index (χ0v) is 8.86. The van der Waals surface area contributed by atoms with Gasteiger partial charge in [0, 0.05) is 13.0 Å². The van der Waals surface area contributed by atoms with E-state index >= 15 is 0 Å². The first-order chi connectivity index (χ1) is 7.34. The van der Waals surface area contributed by atoms with Crippen LogP contribution >= 0.6 is 0 Å². The number of benzene rings is 1. The van der Waals surface area contributed by atoms with Gasteiger partial charge in [0.2, 0.25) is 0 Å².